The van der Waals surface area contributed by atoms with Gasteiger partial charge >= 0.3 is 0 Å². The summed E-state index contributed by atoms with van der Waals surface area (Å²) >= 11 is 0. The largest absolute Gasteiger partial charge is 0.424 e. The van der Waals surface area contributed by atoms with Gasteiger partial charge in [0.1, 0.15) is 5.52 Å². The maximum Gasteiger partial charge on any atom is 0.296 e. The Bertz CT molecular complexity index is 929. The van der Waals surface area contributed by atoms with Gasteiger partial charge in [-0.25, -0.2) is 0 Å². The van der Waals surface area contributed by atoms with E-state index in [2.05, 4.69) is 39.9 Å². The molecule has 0 saturated heterocycles. The Morgan fingerprint density at radius 2 is 1.93 bits per heavy atom. The van der Waals surface area contributed by atoms with Crippen molar-refractivity contribution in [1.82, 2.24) is 4.98 Å². The van der Waals surface area contributed by atoms with Crippen LogP contribution in [0.2, 0.25) is 0 Å². The fourth-order valence-electron chi connectivity index (χ4n) is 4.14. The molecule has 1 heterocycles. The van der Waals surface area contributed by atoms with Gasteiger partial charge in [-0.15, -0.1) is 0 Å². The predicted octanol–water partition coefficient (Wildman–Crippen LogP) is 5.91. The van der Waals surface area contributed by atoms with Crippen molar-refractivity contribution < 1.29 is 9.21 Å². The second kappa shape index (κ2) is 8.46. The molecule has 1 unspecified atom stereocenters. The third-order valence-corrected chi connectivity index (χ3v) is 5.50. The van der Waals surface area contributed by atoms with Crippen molar-refractivity contribution in [3.05, 3.63) is 54.1 Å². The SMILES string of the molecule is CC(=O)Nc1ccc2oc(NC(CC3CCCCC3)c3ccccc3)nc2c1. The minimum atomic E-state index is -0.0992. The molecule has 2 aromatic carbocycles. The molecule has 5 heteroatoms. The van der Waals surface area contributed by atoms with Crippen LogP contribution in [0.3, 0.4) is 0 Å². The van der Waals surface area contributed by atoms with Crippen molar-refractivity contribution in [2.75, 3.05) is 10.6 Å². The molecule has 0 spiro atoms. The van der Waals surface area contributed by atoms with Crippen LogP contribution in [0.4, 0.5) is 11.7 Å². The first-order chi connectivity index (χ1) is 13.7. The van der Waals surface area contributed by atoms with Crippen LogP contribution >= 0.6 is 0 Å². The van der Waals surface area contributed by atoms with Gasteiger partial charge < -0.3 is 15.1 Å². The van der Waals surface area contributed by atoms with E-state index in [1.165, 1.54) is 44.6 Å². The Balaban J connectivity index is 1.56. The van der Waals surface area contributed by atoms with Crippen LogP contribution in [0.25, 0.3) is 11.1 Å². The van der Waals surface area contributed by atoms with Gasteiger partial charge in [-0.2, -0.15) is 4.98 Å². The van der Waals surface area contributed by atoms with Gasteiger partial charge in [0.05, 0.1) is 6.04 Å². The summed E-state index contributed by atoms with van der Waals surface area (Å²) in [7, 11) is 0. The van der Waals surface area contributed by atoms with Gasteiger partial charge in [0.2, 0.25) is 5.91 Å². The topological polar surface area (TPSA) is 67.2 Å². The second-order valence-electron chi connectivity index (χ2n) is 7.73. The minimum absolute atomic E-state index is 0.0992. The molecule has 1 fully saturated rings. The molecule has 1 saturated carbocycles. The average Bonchev–Trinajstić information content (AvgIpc) is 3.10. The molecule has 1 amide bonds. The van der Waals surface area contributed by atoms with Gasteiger partial charge in [0.25, 0.3) is 6.01 Å². The highest BCUT2D eigenvalue weighted by Gasteiger charge is 2.22. The van der Waals surface area contributed by atoms with Crippen LogP contribution in [-0.2, 0) is 4.79 Å². The number of carbonyl (C=O) groups excluding carboxylic acids is 1. The summed E-state index contributed by atoms with van der Waals surface area (Å²) in [5, 5.41) is 6.31. The van der Waals surface area contributed by atoms with E-state index < -0.39 is 0 Å². The van der Waals surface area contributed by atoms with Gasteiger partial charge in [-0.1, -0.05) is 62.4 Å². The standard InChI is InChI=1S/C23H27N3O2/c1-16(27)24-19-12-13-22-21(15-19)26-23(28-22)25-20(18-10-6-3-7-11-18)14-17-8-4-2-5-9-17/h3,6-7,10-13,15,17,20H,2,4-5,8-9,14H2,1H3,(H,24,27)(H,25,26). The van der Waals surface area contributed by atoms with Crippen LogP contribution in [-0.4, -0.2) is 10.9 Å². The number of nitrogens with zero attached hydrogens (tertiary/aromatic N) is 1. The summed E-state index contributed by atoms with van der Waals surface area (Å²) in [6, 6.07) is 16.7. The van der Waals surface area contributed by atoms with Crippen molar-refractivity contribution in [1.29, 1.82) is 0 Å². The number of nitrogens with one attached hydrogen (secondary N) is 2. The molecular formula is C23H27N3O2. The lowest BCUT2D eigenvalue weighted by Crippen LogP contribution is -2.17. The zero-order valence-electron chi connectivity index (χ0n) is 16.3. The summed E-state index contributed by atoms with van der Waals surface area (Å²) in [6.45, 7) is 1.50. The number of amides is 1. The van der Waals surface area contributed by atoms with E-state index in [0.717, 1.165) is 23.5 Å². The average molecular weight is 377 g/mol. The number of benzene rings is 2. The molecule has 0 aliphatic heterocycles. The second-order valence-corrected chi connectivity index (χ2v) is 7.73. The molecule has 0 radical (unpaired) electrons. The zero-order valence-corrected chi connectivity index (χ0v) is 16.3. The first-order valence-electron chi connectivity index (χ1n) is 10.2. The number of aromatic nitrogens is 1. The maximum atomic E-state index is 11.3. The lowest BCUT2D eigenvalue weighted by atomic mass is 9.83. The summed E-state index contributed by atoms with van der Waals surface area (Å²) in [4.78, 5) is 15.9. The van der Waals surface area contributed by atoms with E-state index in [-0.39, 0.29) is 11.9 Å². The Labute approximate surface area is 165 Å². The summed E-state index contributed by atoms with van der Waals surface area (Å²) < 4.78 is 5.93. The maximum absolute atomic E-state index is 11.3. The highest BCUT2D eigenvalue weighted by atomic mass is 16.4. The van der Waals surface area contributed by atoms with Crippen molar-refractivity contribution in [3.63, 3.8) is 0 Å². The number of fused-ring (bicyclic) bond motifs is 1. The first kappa shape index (κ1) is 18.5. The molecule has 5 nitrogen and oxygen atoms in total. The van der Waals surface area contributed by atoms with E-state index >= 15 is 0 Å². The van der Waals surface area contributed by atoms with Crippen LogP contribution in [0, 0.1) is 5.92 Å². The lowest BCUT2D eigenvalue weighted by Gasteiger charge is -2.27. The molecular weight excluding hydrogens is 350 g/mol. The summed E-state index contributed by atoms with van der Waals surface area (Å²) in [5.41, 5.74) is 3.43. The van der Waals surface area contributed by atoms with E-state index in [4.69, 9.17) is 4.42 Å². The third kappa shape index (κ3) is 4.53. The van der Waals surface area contributed by atoms with Gasteiger partial charge in [0, 0.05) is 12.6 Å². The number of rotatable bonds is 6. The Morgan fingerprint density at radius 3 is 2.68 bits per heavy atom. The van der Waals surface area contributed by atoms with E-state index in [1.807, 2.05) is 24.3 Å². The van der Waals surface area contributed by atoms with E-state index in [9.17, 15) is 4.79 Å². The van der Waals surface area contributed by atoms with Crippen LogP contribution in [0.1, 0.15) is 57.1 Å². The van der Waals surface area contributed by atoms with Crippen molar-refractivity contribution >= 4 is 28.7 Å². The number of oxazole rings is 1. The molecule has 1 aliphatic rings. The Kier molecular flexibility index (Phi) is 5.60. The van der Waals surface area contributed by atoms with Gasteiger partial charge in [-0.3, -0.25) is 4.79 Å². The summed E-state index contributed by atoms with van der Waals surface area (Å²) in [6.07, 6.45) is 7.72. The van der Waals surface area contributed by atoms with Crippen LogP contribution < -0.4 is 10.6 Å². The molecule has 0 bridgehead atoms. The fraction of sp³-hybridized carbons (Fsp3) is 0.391. The van der Waals surface area contributed by atoms with E-state index in [0.29, 0.717) is 11.6 Å². The lowest BCUT2D eigenvalue weighted by molar-refractivity contribution is -0.114. The monoisotopic (exact) mass is 377 g/mol. The van der Waals surface area contributed by atoms with Crippen molar-refractivity contribution in [2.45, 2.75) is 51.5 Å². The number of carbonyl (C=O) groups is 1. The quantitative estimate of drug-likeness (QED) is 0.560. The van der Waals surface area contributed by atoms with Gasteiger partial charge in [-0.05, 0) is 36.1 Å². The molecule has 146 valence electrons. The molecule has 2 N–H and O–H groups in total. The van der Waals surface area contributed by atoms with Crippen molar-refractivity contribution in [3.8, 4) is 0 Å². The number of hydrogen-bond donors (Lipinski definition) is 2. The smallest absolute Gasteiger partial charge is 0.296 e. The van der Waals surface area contributed by atoms with Crippen LogP contribution in [0.15, 0.2) is 52.9 Å². The van der Waals surface area contributed by atoms with Crippen molar-refractivity contribution in [2.24, 2.45) is 5.92 Å². The number of anilines is 2. The van der Waals surface area contributed by atoms with Crippen LogP contribution in [0.5, 0.6) is 0 Å². The highest BCUT2D eigenvalue weighted by Crippen LogP contribution is 2.34. The first-order valence-corrected chi connectivity index (χ1v) is 10.2. The minimum Gasteiger partial charge on any atom is -0.424 e. The van der Waals surface area contributed by atoms with E-state index in [1.54, 1.807) is 0 Å². The molecule has 1 aliphatic carbocycles. The molecule has 28 heavy (non-hydrogen) atoms. The normalized spacial score (nSPS) is 16.0. The number of hydrogen-bond acceptors (Lipinski definition) is 4. The molecule has 1 aromatic heterocycles. The summed E-state index contributed by atoms with van der Waals surface area (Å²) in [5.74, 6) is 0.639. The third-order valence-electron chi connectivity index (χ3n) is 5.50. The Morgan fingerprint density at radius 1 is 1.14 bits per heavy atom. The zero-order chi connectivity index (χ0) is 19.3. The molecule has 3 aromatic rings. The predicted molar refractivity (Wildman–Crippen MR) is 112 cm³/mol. The van der Waals surface area contributed by atoms with Gasteiger partial charge in [0.15, 0.2) is 5.58 Å². The fourth-order valence-corrected chi connectivity index (χ4v) is 4.14. The molecule has 1 atom stereocenters. The Hall–Kier alpha value is -2.82. The molecule has 4 rings (SSSR count). The highest BCUT2D eigenvalue weighted by molar-refractivity contribution is 5.91.